The van der Waals surface area contributed by atoms with Crippen molar-refractivity contribution >= 4 is 6.09 Å². The summed E-state index contributed by atoms with van der Waals surface area (Å²) >= 11 is 0. The number of amides is 1. The molecule has 2 N–H and O–H groups in total. The summed E-state index contributed by atoms with van der Waals surface area (Å²) in [6, 6.07) is 0. The highest BCUT2D eigenvalue weighted by molar-refractivity contribution is 5.64. The Hall–Kier alpha value is -0.990. The number of hydrogen-bond donors (Lipinski definition) is 1. The summed E-state index contributed by atoms with van der Waals surface area (Å²) in [4.78, 5) is 10.5. The zero-order valence-corrected chi connectivity index (χ0v) is 8.29. The van der Waals surface area contributed by atoms with Gasteiger partial charge in [0, 0.05) is 0 Å². The molecule has 0 aliphatic carbocycles. The fourth-order valence-corrected chi connectivity index (χ4v) is 1.16. The van der Waals surface area contributed by atoms with Gasteiger partial charge in [-0.15, -0.1) is 6.58 Å². The summed E-state index contributed by atoms with van der Waals surface area (Å²) in [5, 5.41) is 0. The SMILES string of the molecule is C=CCCC(CCCC)OC(N)=O. The van der Waals surface area contributed by atoms with E-state index in [1.54, 1.807) is 0 Å². The number of primary amides is 1. The highest BCUT2D eigenvalue weighted by Gasteiger charge is 2.10. The molecule has 0 aliphatic heterocycles. The molecule has 0 bridgehead atoms. The molecule has 0 heterocycles. The van der Waals surface area contributed by atoms with Crippen LogP contribution in [0, 0.1) is 0 Å². The van der Waals surface area contributed by atoms with E-state index in [0.29, 0.717) is 0 Å². The molecule has 0 saturated carbocycles. The van der Waals surface area contributed by atoms with Crippen molar-refractivity contribution in [1.29, 1.82) is 0 Å². The van der Waals surface area contributed by atoms with Crippen LogP contribution in [-0.2, 0) is 4.74 Å². The van der Waals surface area contributed by atoms with Crippen LogP contribution in [0.3, 0.4) is 0 Å². The average Bonchev–Trinajstić information content (AvgIpc) is 2.09. The van der Waals surface area contributed by atoms with Gasteiger partial charge < -0.3 is 10.5 Å². The van der Waals surface area contributed by atoms with Crippen molar-refractivity contribution in [3.8, 4) is 0 Å². The van der Waals surface area contributed by atoms with Crippen molar-refractivity contribution in [2.45, 2.75) is 45.1 Å². The molecule has 1 unspecified atom stereocenters. The van der Waals surface area contributed by atoms with Crippen molar-refractivity contribution in [1.82, 2.24) is 0 Å². The van der Waals surface area contributed by atoms with E-state index in [2.05, 4.69) is 13.5 Å². The maximum absolute atomic E-state index is 10.5. The lowest BCUT2D eigenvalue weighted by atomic mass is 10.1. The molecule has 76 valence electrons. The lowest BCUT2D eigenvalue weighted by Gasteiger charge is -2.14. The molecule has 13 heavy (non-hydrogen) atoms. The first kappa shape index (κ1) is 12.0. The van der Waals surface area contributed by atoms with Crippen LogP contribution in [-0.4, -0.2) is 12.2 Å². The van der Waals surface area contributed by atoms with Crippen LogP contribution in [0.25, 0.3) is 0 Å². The molecule has 3 heteroatoms. The lowest BCUT2D eigenvalue weighted by molar-refractivity contribution is 0.0949. The summed E-state index contributed by atoms with van der Waals surface area (Å²) in [7, 11) is 0. The number of carbonyl (C=O) groups excluding carboxylic acids is 1. The smallest absolute Gasteiger partial charge is 0.404 e. The predicted octanol–water partition coefficient (Wildman–Crippen LogP) is 2.61. The number of carbonyl (C=O) groups is 1. The summed E-state index contributed by atoms with van der Waals surface area (Å²) < 4.78 is 4.95. The van der Waals surface area contributed by atoms with Crippen LogP contribution in [0.1, 0.15) is 39.0 Å². The molecule has 0 radical (unpaired) electrons. The van der Waals surface area contributed by atoms with Gasteiger partial charge in [-0.05, 0) is 19.3 Å². The number of allylic oxidation sites excluding steroid dienone is 1. The first-order chi connectivity index (χ1) is 6.20. The van der Waals surface area contributed by atoms with Gasteiger partial charge in [0.1, 0.15) is 6.10 Å². The maximum Gasteiger partial charge on any atom is 0.404 e. The predicted molar refractivity (Wildman–Crippen MR) is 53.4 cm³/mol. The number of hydrogen-bond acceptors (Lipinski definition) is 2. The molecule has 0 aromatic carbocycles. The Morgan fingerprint density at radius 1 is 1.62 bits per heavy atom. The molecule has 0 rings (SSSR count). The lowest BCUT2D eigenvalue weighted by Crippen LogP contribution is -2.22. The molecule has 0 spiro atoms. The van der Waals surface area contributed by atoms with E-state index in [4.69, 9.17) is 10.5 Å². The largest absolute Gasteiger partial charge is 0.446 e. The number of nitrogens with two attached hydrogens (primary N) is 1. The molecular formula is C10H19NO2. The normalized spacial score (nSPS) is 12.1. The minimum atomic E-state index is -0.676. The maximum atomic E-state index is 10.5. The molecule has 0 aliphatic rings. The first-order valence-electron chi connectivity index (χ1n) is 4.77. The quantitative estimate of drug-likeness (QED) is 0.620. The van der Waals surface area contributed by atoms with Gasteiger partial charge in [0.05, 0.1) is 0 Å². The topological polar surface area (TPSA) is 52.3 Å². The highest BCUT2D eigenvalue weighted by atomic mass is 16.6. The fourth-order valence-electron chi connectivity index (χ4n) is 1.16. The standard InChI is InChI=1S/C10H19NO2/c1-3-5-7-9(8-6-4-2)13-10(11)12/h3,9H,1,4-8H2,2H3,(H2,11,12). The second-order valence-corrected chi connectivity index (χ2v) is 3.07. The first-order valence-corrected chi connectivity index (χ1v) is 4.77. The molecule has 0 aromatic rings. The van der Waals surface area contributed by atoms with Crippen LogP contribution < -0.4 is 5.73 Å². The Morgan fingerprint density at radius 2 is 2.31 bits per heavy atom. The zero-order valence-electron chi connectivity index (χ0n) is 8.29. The second kappa shape index (κ2) is 7.65. The van der Waals surface area contributed by atoms with Gasteiger partial charge in [-0.25, -0.2) is 4.79 Å². The van der Waals surface area contributed by atoms with Gasteiger partial charge in [-0.2, -0.15) is 0 Å². The van der Waals surface area contributed by atoms with Crippen LogP contribution in [0.15, 0.2) is 12.7 Å². The Morgan fingerprint density at radius 3 is 2.77 bits per heavy atom. The zero-order chi connectivity index (χ0) is 10.1. The van der Waals surface area contributed by atoms with Crippen molar-refractivity contribution in [2.24, 2.45) is 5.73 Å². The van der Waals surface area contributed by atoms with Crippen molar-refractivity contribution in [2.75, 3.05) is 0 Å². The monoisotopic (exact) mass is 185 g/mol. The third-order valence-corrected chi connectivity index (χ3v) is 1.86. The summed E-state index contributed by atoms with van der Waals surface area (Å²) in [5.41, 5.74) is 4.95. The third kappa shape index (κ3) is 7.37. The van der Waals surface area contributed by atoms with Crippen LogP contribution in [0.5, 0.6) is 0 Å². The molecule has 0 saturated heterocycles. The second-order valence-electron chi connectivity index (χ2n) is 3.07. The van der Waals surface area contributed by atoms with Crippen molar-refractivity contribution in [3.05, 3.63) is 12.7 Å². The number of ether oxygens (including phenoxy) is 1. The van der Waals surface area contributed by atoms with Crippen LogP contribution in [0.4, 0.5) is 4.79 Å². The van der Waals surface area contributed by atoms with Gasteiger partial charge in [0.25, 0.3) is 0 Å². The van der Waals surface area contributed by atoms with Crippen molar-refractivity contribution in [3.63, 3.8) is 0 Å². The molecule has 0 fully saturated rings. The Balaban J connectivity index is 3.72. The van der Waals surface area contributed by atoms with Gasteiger partial charge in [0.2, 0.25) is 0 Å². The molecule has 3 nitrogen and oxygen atoms in total. The van der Waals surface area contributed by atoms with E-state index in [1.165, 1.54) is 0 Å². The third-order valence-electron chi connectivity index (χ3n) is 1.86. The molecule has 0 aromatic heterocycles. The average molecular weight is 185 g/mol. The minimum absolute atomic E-state index is 0.0320. The van der Waals surface area contributed by atoms with Gasteiger partial charge >= 0.3 is 6.09 Å². The minimum Gasteiger partial charge on any atom is -0.446 e. The van der Waals surface area contributed by atoms with Crippen LogP contribution in [0.2, 0.25) is 0 Å². The Labute approximate surface area is 79.9 Å². The summed E-state index contributed by atoms with van der Waals surface area (Å²) in [6.07, 6.45) is 5.87. The molecule has 1 atom stereocenters. The molecule has 1 amide bonds. The Kier molecular flexibility index (Phi) is 7.07. The fraction of sp³-hybridized carbons (Fsp3) is 0.700. The number of rotatable bonds is 7. The number of unbranched alkanes of at least 4 members (excludes halogenated alkanes) is 1. The van der Waals surface area contributed by atoms with Gasteiger partial charge in [-0.3, -0.25) is 0 Å². The summed E-state index contributed by atoms with van der Waals surface area (Å²) in [5.74, 6) is 0. The van der Waals surface area contributed by atoms with E-state index in [1.807, 2.05) is 6.08 Å². The van der Waals surface area contributed by atoms with Gasteiger partial charge in [-0.1, -0.05) is 25.8 Å². The van der Waals surface area contributed by atoms with E-state index in [0.717, 1.165) is 32.1 Å². The van der Waals surface area contributed by atoms with E-state index in [9.17, 15) is 4.79 Å². The van der Waals surface area contributed by atoms with Crippen LogP contribution >= 0.6 is 0 Å². The highest BCUT2D eigenvalue weighted by Crippen LogP contribution is 2.11. The molecular weight excluding hydrogens is 166 g/mol. The van der Waals surface area contributed by atoms with E-state index >= 15 is 0 Å². The Bertz CT molecular complexity index is 157. The van der Waals surface area contributed by atoms with E-state index in [-0.39, 0.29) is 6.10 Å². The van der Waals surface area contributed by atoms with E-state index < -0.39 is 6.09 Å². The van der Waals surface area contributed by atoms with Crippen molar-refractivity contribution < 1.29 is 9.53 Å². The van der Waals surface area contributed by atoms with Gasteiger partial charge in [0.15, 0.2) is 0 Å². The summed E-state index contributed by atoms with van der Waals surface area (Å²) in [6.45, 7) is 5.73.